The molecule has 0 heterocycles. The van der Waals surface area contributed by atoms with Crippen molar-refractivity contribution < 1.29 is 19.1 Å². The minimum Gasteiger partial charge on any atom is -0.466 e. The first kappa shape index (κ1) is 25.4. The van der Waals surface area contributed by atoms with Gasteiger partial charge in [-0.1, -0.05) is 70.4 Å². The molecule has 0 aliphatic heterocycles. The van der Waals surface area contributed by atoms with Gasteiger partial charge in [-0.15, -0.1) is 0 Å². The smallest absolute Gasteiger partial charge is 0.333 e. The molecule has 4 nitrogen and oxygen atoms in total. The summed E-state index contributed by atoms with van der Waals surface area (Å²) in [5, 5.41) is 0. The van der Waals surface area contributed by atoms with Gasteiger partial charge in [0, 0.05) is 6.42 Å². The van der Waals surface area contributed by atoms with Crippen molar-refractivity contribution in [2.75, 3.05) is 7.11 Å². The number of carbonyl (C=O) groups excluding carboxylic acids is 2. The van der Waals surface area contributed by atoms with Crippen molar-refractivity contribution in [3.63, 3.8) is 0 Å². The molecule has 0 saturated heterocycles. The lowest BCUT2D eigenvalue weighted by molar-refractivity contribution is -0.139. The molecule has 0 unspecified atom stereocenters. The molecule has 0 amide bonds. The van der Waals surface area contributed by atoms with Crippen molar-refractivity contribution in [1.29, 1.82) is 0 Å². The fourth-order valence-electron chi connectivity index (χ4n) is 2.83. The fraction of sp³-hybridized carbons (Fsp3) is 0.739. The Hall–Kier alpha value is -1.58. The molecular formula is C23H40O4. The summed E-state index contributed by atoms with van der Waals surface area (Å²) >= 11 is 0. The van der Waals surface area contributed by atoms with Crippen LogP contribution in [0.3, 0.4) is 0 Å². The largest absolute Gasteiger partial charge is 0.466 e. The van der Waals surface area contributed by atoms with Crippen LogP contribution in [0.2, 0.25) is 0 Å². The van der Waals surface area contributed by atoms with Crippen LogP contribution >= 0.6 is 0 Å². The SMILES string of the molecule is CCCCCCCC/C=C\CCCCCCCC(=O)O/C(C)=C/C(=O)OC. The van der Waals surface area contributed by atoms with Crippen LogP contribution in [0.5, 0.6) is 0 Å². The molecule has 27 heavy (non-hydrogen) atoms. The van der Waals surface area contributed by atoms with Gasteiger partial charge in [0.2, 0.25) is 0 Å². The first-order valence-electron chi connectivity index (χ1n) is 10.7. The average molecular weight is 381 g/mol. The minimum absolute atomic E-state index is 0.277. The van der Waals surface area contributed by atoms with E-state index in [-0.39, 0.29) is 11.7 Å². The van der Waals surface area contributed by atoms with Crippen LogP contribution in [0.1, 0.15) is 104 Å². The van der Waals surface area contributed by atoms with Gasteiger partial charge in [0.1, 0.15) is 5.76 Å². The van der Waals surface area contributed by atoms with Crippen molar-refractivity contribution in [2.24, 2.45) is 0 Å². The highest BCUT2D eigenvalue weighted by molar-refractivity contribution is 5.83. The Morgan fingerprint density at radius 3 is 1.85 bits per heavy atom. The van der Waals surface area contributed by atoms with Gasteiger partial charge in [-0.2, -0.15) is 0 Å². The summed E-state index contributed by atoms with van der Waals surface area (Å²) in [7, 11) is 1.29. The van der Waals surface area contributed by atoms with Crippen LogP contribution in [0, 0.1) is 0 Å². The highest BCUT2D eigenvalue weighted by Crippen LogP contribution is 2.11. The molecular weight excluding hydrogens is 340 g/mol. The van der Waals surface area contributed by atoms with Gasteiger partial charge in [-0.05, 0) is 39.0 Å². The van der Waals surface area contributed by atoms with Crippen LogP contribution in [0.4, 0.5) is 0 Å². The Morgan fingerprint density at radius 1 is 0.778 bits per heavy atom. The molecule has 0 saturated carbocycles. The maximum Gasteiger partial charge on any atom is 0.333 e. The van der Waals surface area contributed by atoms with Gasteiger partial charge in [-0.3, -0.25) is 4.79 Å². The van der Waals surface area contributed by atoms with E-state index < -0.39 is 5.97 Å². The predicted molar refractivity (Wildman–Crippen MR) is 111 cm³/mol. The number of unbranched alkanes of at least 4 members (excludes halogenated alkanes) is 11. The van der Waals surface area contributed by atoms with E-state index in [9.17, 15) is 9.59 Å². The van der Waals surface area contributed by atoms with Gasteiger partial charge in [-0.25, -0.2) is 4.79 Å². The standard InChI is InChI=1S/C23H40O4/c1-4-5-6-7-8-9-10-11-12-13-14-15-16-17-18-19-22(24)27-21(2)20-23(25)26-3/h11-12,20H,4-10,13-19H2,1-3H3/b12-11-,21-20+. The molecule has 0 bridgehead atoms. The summed E-state index contributed by atoms with van der Waals surface area (Å²) in [5.41, 5.74) is 0. The molecule has 0 spiro atoms. The molecule has 156 valence electrons. The van der Waals surface area contributed by atoms with Gasteiger partial charge < -0.3 is 9.47 Å². The van der Waals surface area contributed by atoms with Crippen LogP contribution in [0.15, 0.2) is 24.0 Å². The second-order valence-electron chi connectivity index (χ2n) is 7.09. The van der Waals surface area contributed by atoms with Crippen LogP contribution in [-0.2, 0) is 19.1 Å². The van der Waals surface area contributed by atoms with Gasteiger partial charge in [0.15, 0.2) is 0 Å². The Balaban J connectivity index is 3.42. The summed E-state index contributed by atoms with van der Waals surface area (Å²) in [6, 6.07) is 0. The lowest BCUT2D eigenvalue weighted by atomic mass is 10.1. The number of rotatable bonds is 17. The summed E-state index contributed by atoms with van der Waals surface area (Å²) in [6.45, 7) is 3.83. The number of esters is 2. The van der Waals surface area contributed by atoms with Crippen LogP contribution in [-0.4, -0.2) is 19.0 Å². The van der Waals surface area contributed by atoms with Crippen molar-refractivity contribution in [3.05, 3.63) is 24.0 Å². The van der Waals surface area contributed by atoms with E-state index in [1.165, 1.54) is 71.0 Å². The summed E-state index contributed by atoms with van der Waals surface area (Å²) in [5.74, 6) is -0.522. The quantitative estimate of drug-likeness (QED) is 0.0932. The molecule has 0 N–H and O–H groups in total. The molecule has 0 rings (SSSR count). The van der Waals surface area contributed by atoms with E-state index >= 15 is 0 Å². The molecule has 0 aliphatic carbocycles. The van der Waals surface area contributed by atoms with E-state index in [1.807, 2.05) is 0 Å². The lowest BCUT2D eigenvalue weighted by Crippen LogP contribution is -2.05. The molecule has 0 atom stereocenters. The molecule has 4 heteroatoms. The van der Waals surface area contributed by atoms with E-state index in [0.29, 0.717) is 6.42 Å². The zero-order valence-electron chi connectivity index (χ0n) is 17.8. The highest BCUT2D eigenvalue weighted by Gasteiger charge is 2.05. The first-order chi connectivity index (χ1) is 13.1. The highest BCUT2D eigenvalue weighted by atomic mass is 16.5. The van der Waals surface area contributed by atoms with Gasteiger partial charge in [0.05, 0.1) is 13.2 Å². The summed E-state index contributed by atoms with van der Waals surface area (Å²) in [6.07, 6.45) is 22.2. The molecule has 0 aromatic carbocycles. The lowest BCUT2D eigenvalue weighted by Gasteiger charge is -2.04. The first-order valence-corrected chi connectivity index (χ1v) is 10.7. The maximum atomic E-state index is 11.6. The molecule has 0 aromatic rings. The number of hydrogen-bond acceptors (Lipinski definition) is 4. The minimum atomic E-state index is -0.513. The van der Waals surface area contributed by atoms with E-state index in [1.54, 1.807) is 6.92 Å². The Kier molecular flexibility index (Phi) is 18.1. The second kappa shape index (κ2) is 19.2. The average Bonchev–Trinajstić information content (AvgIpc) is 2.64. The monoisotopic (exact) mass is 380 g/mol. The molecule has 0 aliphatic rings. The third-order valence-corrected chi connectivity index (χ3v) is 4.44. The zero-order chi connectivity index (χ0) is 20.2. The number of ether oxygens (including phenoxy) is 2. The molecule has 0 radical (unpaired) electrons. The second-order valence-corrected chi connectivity index (χ2v) is 7.09. The third-order valence-electron chi connectivity index (χ3n) is 4.44. The Labute approximate surface area is 166 Å². The zero-order valence-corrected chi connectivity index (χ0v) is 17.8. The normalized spacial score (nSPS) is 11.7. The van der Waals surface area contributed by atoms with E-state index in [4.69, 9.17) is 4.74 Å². The predicted octanol–water partition coefficient (Wildman–Crippen LogP) is 6.64. The summed E-state index contributed by atoms with van der Waals surface area (Å²) in [4.78, 5) is 22.6. The number of carbonyl (C=O) groups is 2. The van der Waals surface area contributed by atoms with Crippen LogP contribution < -0.4 is 0 Å². The maximum absolute atomic E-state index is 11.6. The topological polar surface area (TPSA) is 52.6 Å². The van der Waals surface area contributed by atoms with Crippen molar-refractivity contribution in [1.82, 2.24) is 0 Å². The third kappa shape index (κ3) is 19.0. The Morgan fingerprint density at radius 2 is 1.30 bits per heavy atom. The van der Waals surface area contributed by atoms with E-state index in [0.717, 1.165) is 25.7 Å². The van der Waals surface area contributed by atoms with Crippen molar-refractivity contribution >= 4 is 11.9 Å². The van der Waals surface area contributed by atoms with E-state index in [2.05, 4.69) is 23.8 Å². The van der Waals surface area contributed by atoms with Gasteiger partial charge >= 0.3 is 11.9 Å². The molecule has 0 aromatic heterocycles. The Bertz CT molecular complexity index is 438. The van der Waals surface area contributed by atoms with Gasteiger partial charge in [0.25, 0.3) is 0 Å². The fourth-order valence-corrected chi connectivity index (χ4v) is 2.83. The number of allylic oxidation sites excluding steroid dienone is 3. The summed E-state index contributed by atoms with van der Waals surface area (Å²) < 4.78 is 9.54. The van der Waals surface area contributed by atoms with Crippen molar-refractivity contribution in [3.8, 4) is 0 Å². The van der Waals surface area contributed by atoms with Crippen molar-refractivity contribution in [2.45, 2.75) is 104 Å². The number of hydrogen-bond donors (Lipinski definition) is 0. The van der Waals surface area contributed by atoms with Crippen LogP contribution in [0.25, 0.3) is 0 Å². The molecule has 0 fully saturated rings. The number of methoxy groups -OCH3 is 1.